The van der Waals surface area contributed by atoms with Crippen LogP contribution in [-0.4, -0.2) is 21.4 Å². The van der Waals surface area contributed by atoms with Gasteiger partial charge < -0.3 is 4.90 Å². The largest absolute Gasteiger partial charge is 0.340 e. The van der Waals surface area contributed by atoms with E-state index in [0.29, 0.717) is 0 Å². The molecule has 0 fully saturated rings. The molecule has 0 aliphatic carbocycles. The molecule has 0 unspecified atom stereocenters. The number of nitrogens with zero attached hydrogens (tertiary/aromatic N) is 1. The maximum Gasteiger partial charge on any atom is 0.0789 e. The summed E-state index contributed by atoms with van der Waals surface area (Å²) < 4.78 is 0. The van der Waals surface area contributed by atoms with Gasteiger partial charge in [0.2, 0.25) is 0 Å². The Hall–Kier alpha value is -0.673. The van der Waals surface area contributed by atoms with Gasteiger partial charge in [-0.1, -0.05) is 30.4 Å². The van der Waals surface area contributed by atoms with E-state index < -0.39 is 0 Å². The third-order valence-corrected chi connectivity index (χ3v) is 2.14. The average Bonchev–Trinajstić information content (AvgIpc) is 2.07. The number of thiocarbonyl (C=S) groups is 1. The van der Waals surface area contributed by atoms with Crippen LogP contribution in [0, 0.1) is 0 Å². The molecule has 0 saturated carbocycles. The number of rotatable bonds is 2. The molecule has 0 aliphatic heterocycles. The van der Waals surface area contributed by atoms with Gasteiger partial charge in [0.15, 0.2) is 0 Å². The summed E-state index contributed by atoms with van der Waals surface area (Å²) in [5.74, 6) is 0. The van der Waals surface area contributed by atoms with Crippen molar-refractivity contribution in [2.75, 3.05) is 11.1 Å². The summed E-state index contributed by atoms with van der Waals surface area (Å²) in [6.07, 6.45) is 0.735. The highest BCUT2D eigenvalue weighted by Crippen LogP contribution is 2.12. The number of para-hydroxylation sites is 1. The van der Waals surface area contributed by atoms with E-state index in [0.717, 1.165) is 16.8 Å². The third-order valence-electron chi connectivity index (χ3n) is 1.61. The molecule has 61 valence electrons. The molecule has 0 spiro atoms. The second-order valence-electron chi connectivity index (χ2n) is 2.44. The first-order valence-electron chi connectivity index (χ1n) is 3.73. The van der Waals surface area contributed by atoms with Crippen LogP contribution >= 0.6 is 12.2 Å². The molecule has 1 aromatic rings. The molecule has 1 rings (SSSR count). The lowest BCUT2D eigenvalue weighted by Crippen LogP contribution is -2.28. The maximum atomic E-state index is 5.09. The minimum absolute atomic E-state index is 0.735. The second kappa shape index (κ2) is 4.38. The van der Waals surface area contributed by atoms with Gasteiger partial charge in [0.25, 0.3) is 0 Å². The van der Waals surface area contributed by atoms with Crippen molar-refractivity contribution in [1.82, 2.24) is 0 Å². The highest BCUT2D eigenvalue weighted by Gasteiger charge is 2.03. The zero-order valence-corrected chi connectivity index (χ0v) is 8.77. The molecule has 0 aliphatic rings. The van der Waals surface area contributed by atoms with Gasteiger partial charge in [0.05, 0.1) is 15.2 Å². The van der Waals surface area contributed by atoms with Crippen molar-refractivity contribution in [3.8, 4) is 0 Å². The molecule has 0 saturated heterocycles. The first kappa shape index (κ1) is 9.42. The standard InChI is InChI=1S/C9H10NSSi/c1-8(11)10(7-12)9-5-3-2-4-6-9/h2-6H,7H2,1H3. The smallest absolute Gasteiger partial charge is 0.0789 e. The van der Waals surface area contributed by atoms with E-state index >= 15 is 0 Å². The number of benzene rings is 1. The van der Waals surface area contributed by atoms with Crippen LogP contribution < -0.4 is 4.90 Å². The molecule has 1 aromatic carbocycles. The van der Waals surface area contributed by atoms with Crippen molar-refractivity contribution in [3.05, 3.63) is 30.3 Å². The Balaban J connectivity index is 2.88. The van der Waals surface area contributed by atoms with E-state index in [2.05, 4.69) is 10.2 Å². The Morgan fingerprint density at radius 1 is 1.42 bits per heavy atom. The highest BCUT2D eigenvalue weighted by molar-refractivity contribution is 7.80. The molecule has 3 radical (unpaired) electrons. The van der Waals surface area contributed by atoms with Gasteiger partial charge in [0.1, 0.15) is 0 Å². The fraction of sp³-hybridized carbons (Fsp3) is 0.222. The van der Waals surface area contributed by atoms with Crippen LogP contribution in [0.25, 0.3) is 0 Å². The predicted molar refractivity (Wildman–Crippen MR) is 57.8 cm³/mol. The van der Waals surface area contributed by atoms with Gasteiger partial charge in [0, 0.05) is 11.9 Å². The minimum Gasteiger partial charge on any atom is -0.340 e. The fourth-order valence-corrected chi connectivity index (χ4v) is 1.70. The molecular weight excluding hydrogens is 182 g/mol. The highest BCUT2D eigenvalue weighted by atomic mass is 32.1. The van der Waals surface area contributed by atoms with Crippen molar-refractivity contribution in [2.45, 2.75) is 6.92 Å². The van der Waals surface area contributed by atoms with Crippen LogP contribution in [0.15, 0.2) is 30.3 Å². The van der Waals surface area contributed by atoms with E-state index in [1.165, 1.54) is 0 Å². The normalized spacial score (nSPS) is 9.50. The zero-order valence-electron chi connectivity index (χ0n) is 6.95. The molecule has 3 heteroatoms. The van der Waals surface area contributed by atoms with E-state index in [9.17, 15) is 0 Å². The lowest BCUT2D eigenvalue weighted by Gasteiger charge is -2.21. The molecule has 1 nitrogen and oxygen atoms in total. The van der Waals surface area contributed by atoms with Crippen molar-refractivity contribution in [2.24, 2.45) is 0 Å². The zero-order chi connectivity index (χ0) is 8.97. The topological polar surface area (TPSA) is 3.24 Å². The lowest BCUT2D eigenvalue weighted by atomic mass is 10.3. The van der Waals surface area contributed by atoms with E-state index in [1.54, 1.807) is 0 Å². The third kappa shape index (κ3) is 2.15. The summed E-state index contributed by atoms with van der Waals surface area (Å²) >= 11 is 5.09. The van der Waals surface area contributed by atoms with Gasteiger partial charge >= 0.3 is 0 Å². The maximum absolute atomic E-state index is 5.09. The van der Waals surface area contributed by atoms with E-state index in [1.807, 2.05) is 42.2 Å². The Kier molecular flexibility index (Phi) is 3.43. The molecule has 0 atom stereocenters. The Morgan fingerprint density at radius 2 is 2.00 bits per heavy atom. The molecule has 12 heavy (non-hydrogen) atoms. The van der Waals surface area contributed by atoms with Gasteiger partial charge in [-0.25, -0.2) is 0 Å². The van der Waals surface area contributed by atoms with Crippen LogP contribution in [0.2, 0.25) is 0 Å². The van der Waals surface area contributed by atoms with E-state index in [4.69, 9.17) is 12.2 Å². The minimum atomic E-state index is 0.735. The Morgan fingerprint density at radius 3 is 2.42 bits per heavy atom. The molecule has 0 heterocycles. The Labute approximate surface area is 81.8 Å². The molecule has 0 bridgehead atoms. The summed E-state index contributed by atoms with van der Waals surface area (Å²) in [4.78, 5) is 2.89. The number of anilines is 1. The molecular formula is C9H10NSSi. The number of hydrogen-bond acceptors (Lipinski definition) is 1. The van der Waals surface area contributed by atoms with Crippen molar-refractivity contribution < 1.29 is 0 Å². The first-order valence-corrected chi connectivity index (χ1v) is 4.85. The van der Waals surface area contributed by atoms with Crippen LogP contribution in [-0.2, 0) is 0 Å². The summed E-state index contributed by atoms with van der Waals surface area (Å²) in [5.41, 5.74) is 1.13. The SMILES string of the molecule is CC(=S)N(C[Si])c1ccccc1. The van der Waals surface area contributed by atoms with Crippen molar-refractivity contribution in [1.29, 1.82) is 0 Å². The summed E-state index contributed by atoms with van der Waals surface area (Å²) in [6.45, 7) is 1.92. The monoisotopic (exact) mass is 192 g/mol. The molecule has 0 aromatic heterocycles. The Bertz CT molecular complexity index is 260. The van der Waals surface area contributed by atoms with Crippen LogP contribution in [0.5, 0.6) is 0 Å². The van der Waals surface area contributed by atoms with Crippen molar-refractivity contribution in [3.63, 3.8) is 0 Å². The van der Waals surface area contributed by atoms with Crippen LogP contribution in [0.3, 0.4) is 0 Å². The summed E-state index contributed by atoms with van der Waals surface area (Å²) in [5, 5.41) is 0. The van der Waals surface area contributed by atoms with Gasteiger partial charge in [-0.05, 0) is 19.1 Å². The van der Waals surface area contributed by atoms with Gasteiger partial charge in [-0.15, -0.1) is 0 Å². The first-order chi connectivity index (χ1) is 5.75. The quantitative estimate of drug-likeness (QED) is 0.520. The lowest BCUT2D eigenvalue weighted by molar-refractivity contribution is 1.23. The van der Waals surface area contributed by atoms with E-state index in [-0.39, 0.29) is 0 Å². The average molecular weight is 192 g/mol. The van der Waals surface area contributed by atoms with Gasteiger partial charge in [-0.3, -0.25) is 0 Å². The summed E-state index contributed by atoms with van der Waals surface area (Å²) in [7, 11) is 3.44. The van der Waals surface area contributed by atoms with Crippen LogP contribution in [0.4, 0.5) is 5.69 Å². The molecule has 0 amide bonds. The van der Waals surface area contributed by atoms with Gasteiger partial charge in [-0.2, -0.15) is 0 Å². The number of hydrogen-bond donors (Lipinski definition) is 0. The van der Waals surface area contributed by atoms with Crippen molar-refractivity contribution >= 4 is 33.1 Å². The fourth-order valence-electron chi connectivity index (χ4n) is 0.992. The predicted octanol–water partition coefficient (Wildman–Crippen LogP) is 1.97. The summed E-state index contributed by atoms with van der Waals surface area (Å²) in [6, 6.07) is 10.1. The second-order valence-corrected chi connectivity index (χ2v) is 3.35. The van der Waals surface area contributed by atoms with Crippen LogP contribution in [0.1, 0.15) is 6.92 Å². The molecule has 0 N–H and O–H groups in total.